The Morgan fingerprint density at radius 2 is 1.85 bits per heavy atom. The van der Waals surface area contributed by atoms with E-state index < -0.39 is 4.92 Å². The zero-order chi connectivity index (χ0) is 19.4. The van der Waals surface area contributed by atoms with Crippen LogP contribution < -0.4 is 9.47 Å². The van der Waals surface area contributed by atoms with Crippen LogP contribution in [0.5, 0.6) is 11.5 Å². The summed E-state index contributed by atoms with van der Waals surface area (Å²) < 4.78 is 15.7. The summed E-state index contributed by atoms with van der Waals surface area (Å²) in [5.41, 5.74) is 1.33. The van der Waals surface area contributed by atoms with Crippen LogP contribution in [-0.2, 0) is 0 Å². The number of benzene rings is 2. The molecule has 9 heteroatoms. The molecular formula is C18H14ClN3O5. The smallest absolute Gasteiger partial charge is 0.269 e. The average molecular weight is 388 g/mol. The molecule has 0 atom stereocenters. The third kappa shape index (κ3) is 4.06. The van der Waals surface area contributed by atoms with Crippen LogP contribution in [0.2, 0.25) is 0 Å². The molecule has 138 valence electrons. The Kier molecular flexibility index (Phi) is 5.37. The normalized spacial score (nSPS) is 11.3. The number of halogens is 1. The maximum absolute atomic E-state index is 10.7. The molecule has 1 aromatic heterocycles. The van der Waals surface area contributed by atoms with Crippen LogP contribution in [0.15, 0.2) is 47.0 Å². The molecule has 0 aliphatic rings. The molecule has 0 amide bonds. The van der Waals surface area contributed by atoms with Crippen molar-refractivity contribution in [1.29, 1.82) is 0 Å². The van der Waals surface area contributed by atoms with E-state index in [1.54, 1.807) is 43.5 Å². The van der Waals surface area contributed by atoms with E-state index in [-0.39, 0.29) is 16.6 Å². The van der Waals surface area contributed by atoms with Crippen LogP contribution in [0.4, 0.5) is 5.69 Å². The highest BCUT2D eigenvalue weighted by molar-refractivity contribution is 6.50. The Morgan fingerprint density at radius 3 is 2.48 bits per heavy atom. The number of rotatable bonds is 6. The van der Waals surface area contributed by atoms with Gasteiger partial charge in [-0.1, -0.05) is 16.8 Å². The number of methoxy groups -OCH3 is 2. The molecule has 0 radical (unpaired) electrons. The van der Waals surface area contributed by atoms with Gasteiger partial charge in [0.05, 0.1) is 19.1 Å². The maximum Gasteiger partial charge on any atom is 0.269 e. The van der Waals surface area contributed by atoms with E-state index in [0.717, 1.165) is 0 Å². The van der Waals surface area contributed by atoms with Crippen LogP contribution in [0, 0.1) is 10.1 Å². The fraction of sp³-hybridized carbons (Fsp3) is 0.111. The molecule has 0 spiro atoms. The van der Waals surface area contributed by atoms with Crippen LogP contribution in [-0.4, -0.2) is 29.3 Å². The highest BCUT2D eigenvalue weighted by Gasteiger charge is 2.14. The Bertz CT molecular complexity index is 998. The molecule has 0 aliphatic heterocycles. The van der Waals surface area contributed by atoms with E-state index in [1.807, 2.05) is 0 Å². The van der Waals surface area contributed by atoms with Gasteiger partial charge >= 0.3 is 0 Å². The second kappa shape index (κ2) is 7.88. The number of hydrogen-bond donors (Lipinski definition) is 0. The van der Waals surface area contributed by atoms with Gasteiger partial charge in [0.1, 0.15) is 5.03 Å². The van der Waals surface area contributed by atoms with Crippen molar-refractivity contribution in [3.8, 4) is 22.9 Å². The van der Waals surface area contributed by atoms with E-state index in [2.05, 4.69) is 10.1 Å². The van der Waals surface area contributed by atoms with Crippen molar-refractivity contribution >= 4 is 28.4 Å². The second-order valence-corrected chi connectivity index (χ2v) is 5.74. The first-order valence-corrected chi connectivity index (χ1v) is 8.07. The van der Waals surface area contributed by atoms with Gasteiger partial charge in [-0.25, -0.2) is 0 Å². The molecule has 2 aromatic carbocycles. The lowest BCUT2D eigenvalue weighted by Gasteiger charge is -2.07. The lowest BCUT2D eigenvalue weighted by Crippen LogP contribution is -1.91. The Balaban J connectivity index is 1.85. The van der Waals surface area contributed by atoms with Crippen molar-refractivity contribution in [3.05, 3.63) is 64.0 Å². The fourth-order valence-corrected chi connectivity index (χ4v) is 2.52. The van der Waals surface area contributed by atoms with E-state index in [1.165, 1.54) is 19.2 Å². The van der Waals surface area contributed by atoms with Gasteiger partial charge in [-0.15, -0.1) is 0 Å². The van der Waals surface area contributed by atoms with Gasteiger partial charge in [0.2, 0.25) is 5.82 Å². The number of non-ortho nitro benzene ring substituents is 1. The third-order valence-electron chi connectivity index (χ3n) is 3.67. The fourth-order valence-electron chi connectivity index (χ4n) is 2.31. The highest BCUT2D eigenvalue weighted by atomic mass is 35.5. The summed E-state index contributed by atoms with van der Waals surface area (Å²) in [6, 6.07) is 11.2. The lowest BCUT2D eigenvalue weighted by molar-refractivity contribution is -0.384. The lowest BCUT2D eigenvalue weighted by atomic mass is 10.2. The molecule has 0 saturated carbocycles. The zero-order valence-electron chi connectivity index (χ0n) is 14.4. The van der Waals surface area contributed by atoms with E-state index >= 15 is 0 Å². The largest absolute Gasteiger partial charge is 0.493 e. The number of nitro groups is 1. The summed E-state index contributed by atoms with van der Waals surface area (Å²) in [6.07, 6.45) is 1.58. The Morgan fingerprint density at radius 1 is 1.15 bits per heavy atom. The van der Waals surface area contributed by atoms with Gasteiger partial charge in [-0.05, 0) is 42.0 Å². The van der Waals surface area contributed by atoms with Gasteiger partial charge in [0.15, 0.2) is 11.5 Å². The number of ether oxygens (including phenoxy) is 2. The van der Waals surface area contributed by atoms with Gasteiger partial charge < -0.3 is 14.0 Å². The second-order valence-electron chi connectivity index (χ2n) is 5.33. The molecule has 8 nitrogen and oxygen atoms in total. The molecule has 0 bridgehead atoms. The summed E-state index contributed by atoms with van der Waals surface area (Å²) >= 11 is 6.24. The summed E-state index contributed by atoms with van der Waals surface area (Å²) in [4.78, 5) is 14.5. The van der Waals surface area contributed by atoms with Crippen LogP contribution in [0.3, 0.4) is 0 Å². The zero-order valence-corrected chi connectivity index (χ0v) is 15.1. The van der Waals surface area contributed by atoms with E-state index in [4.69, 9.17) is 25.6 Å². The van der Waals surface area contributed by atoms with Gasteiger partial charge in [0, 0.05) is 17.7 Å². The molecule has 3 aromatic rings. The number of aromatic nitrogens is 2. The summed E-state index contributed by atoms with van der Waals surface area (Å²) in [5, 5.41) is 14.8. The predicted octanol–water partition coefficient (Wildman–Crippen LogP) is 4.40. The van der Waals surface area contributed by atoms with Crippen LogP contribution >= 0.6 is 11.6 Å². The summed E-state index contributed by atoms with van der Waals surface area (Å²) in [6.45, 7) is 0. The number of hydrogen-bond acceptors (Lipinski definition) is 7. The molecule has 0 aliphatic carbocycles. The van der Waals surface area contributed by atoms with Crippen molar-refractivity contribution in [2.24, 2.45) is 0 Å². The standard InChI is InChI=1S/C18H14ClN3O5/c1-25-15-8-5-12(10-16(15)26-2)17-20-18(27-21-17)14(19)9-11-3-6-13(7-4-11)22(23)24/h3-10H,1-2H3/b14-9-. The number of nitro benzene ring substituents is 1. The highest BCUT2D eigenvalue weighted by Crippen LogP contribution is 2.32. The molecule has 0 fully saturated rings. The van der Waals surface area contributed by atoms with Crippen molar-refractivity contribution in [3.63, 3.8) is 0 Å². The monoisotopic (exact) mass is 387 g/mol. The first-order chi connectivity index (χ1) is 13.0. The molecule has 3 rings (SSSR count). The molecule has 0 N–H and O–H groups in total. The van der Waals surface area contributed by atoms with E-state index in [0.29, 0.717) is 28.5 Å². The van der Waals surface area contributed by atoms with Gasteiger partial charge in [-0.2, -0.15) is 4.98 Å². The maximum atomic E-state index is 10.7. The Hall–Kier alpha value is -3.39. The average Bonchev–Trinajstić information content (AvgIpc) is 3.18. The van der Waals surface area contributed by atoms with Crippen molar-refractivity contribution in [1.82, 2.24) is 10.1 Å². The minimum atomic E-state index is -0.470. The first kappa shape index (κ1) is 18.4. The van der Waals surface area contributed by atoms with Crippen LogP contribution in [0.1, 0.15) is 11.5 Å². The number of nitrogens with zero attached hydrogens (tertiary/aromatic N) is 3. The quantitative estimate of drug-likeness (QED) is 0.456. The van der Waals surface area contributed by atoms with Gasteiger partial charge in [-0.3, -0.25) is 10.1 Å². The summed E-state index contributed by atoms with van der Waals surface area (Å²) in [5.74, 6) is 1.58. The minimum Gasteiger partial charge on any atom is -0.493 e. The van der Waals surface area contributed by atoms with Crippen molar-refractivity contribution in [2.45, 2.75) is 0 Å². The molecule has 0 unspecified atom stereocenters. The Labute approximate surface area is 159 Å². The van der Waals surface area contributed by atoms with Crippen molar-refractivity contribution < 1.29 is 18.9 Å². The summed E-state index contributed by atoms with van der Waals surface area (Å²) in [7, 11) is 3.08. The molecule has 1 heterocycles. The minimum absolute atomic E-state index is 0.00296. The van der Waals surface area contributed by atoms with E-state index in [9.17, 15) is 10.1 Å². The topological polar surface area (TPSA) is 101 Å². The SMILES string of the molecule is COc1ccc(-c2noc(/C(Cl)=C/c3ccc([N+](=O)[O-])cc3)n2)cc1OC. The van der Waals surface area contributed by atoms with Gasteiger partial charge in [0.25, 0.3) is 11.6 Å². The molecule has 0 saturated heterocycles. The predicted molar refractivity (Wildman–Crippen MR) is 99.7 cm³/mol. The third-order valence-corrected chi connectivity index (χ3v) is 3.94. The molecular weight excluding hydrogens is 374 g/mol. The van der Waals surface area contributed by atoms with Crippen molar-refractivity contribution in [2.75, 3.05) is 14.2 Å². The van der Waals surface area contributed by atoms with Crippen LogP contribution in [0.25, 0.3) is 22.5 Å². The molecule has 27 heavy (non-hydrogen) atoms. The first-order valence-electron chi connectivity index (χ1n) is 7.70.